The molecule has 0 radical (unpaired) electrons. The van der Waals surface area contributed by atoms with Gasteiger partial charge in [0.05, 0.1) is 5.41 Å². The van der Waals surface area contributed by atoms with Crippen LogP contribution < -0.4 is 5.32 Å². The van der Waals surface area contributed by atoms with Crippen molar-refractivity contribution in [3.8, 4) is 0 Å². The van der Waals surface area contributed by atoms with Gasteiger partial charge < -0.3 is 10.4 Å². The van der Waals surface area contributed by atoms with Crippen molar-refractivity contribution in [3.63, 3.8) is 0 Å². The molecule has 0 aliphatic heterocycles. The molecule has 0 saturated carbocycles. The molecule has 1 aromatic carbocycles. The fourth-order valence-corrected chi connectivity index (χ4v) is 1.64. The van der Waals surface area contributed by atoms with Gasteiger partial charge in [-0.1, -0.05) is 31.2 Å². The summed E-state index contributed by atoms with van der Waals surface area (Å²) >= 11 is 0. The lowest BCUT2D eigenvalue weighted by Crippen LogP contribution is -2.37. The van der Waals surface area contributed by atoms with E-state index in [1.165, 1.54) is 11.1 Å². The minimum Gasteiger partial charge on any atom is -0.481 e. The first-order chi connectivity index (χ1) is 8.36. The number of hydrogen-bond donors (Lipinski definition) is 2. The van der Waals surface area contributed by atoms with Crippen LogP contribution in [-0.2, 0) is 11.2 Å². The summed E-state index contributed by atoms with van der Waals surface area (Å²) in [5, 5.41) is 12.3. The molecule has 0 amide bonds. The molecule has 100 valence electrons. The molecular formula is C15H23NO2. The molecule has 0 saturated heterocycles. The Hall–Kier alpha value is -1.35. The molecule has 2 N–H and O–H groups in total. The molecule has 1 atom stereocenters. The van der Waals surface area contributed by atoms with Crippen molar-refractivity contribution in [3.05, 3.63) is 35.4 Å². The Balaban J connectivity index is 2.59. The standard InChI is InChI=1S/C15H23NO2/c1-5-12-6-8-13(9-7-12)11(2)16-10-15(3,4)14(17)18/h6-9,11,16H,5,10H2,1-4H3,(H,17,18). The Bertz CT molecular complexity index is 395. The zero-order chi connectivity index (χ0) is 13.8. The number of benzene rings is 1. The maximum Gasteiger partial charge on any atom is 0.310 e. The van der Waals surface area contributed by atoms with Gasteiger partial charge in [-0.05, 0) is 38.3 Å². The van der Waals surface area contributed by atoms with Crippen LogP contribution in [0.4, 0.5) is 0 Å². The Kier molecular flexibility index (Phi) is 4.91. The van der Waals surface area contributed by atoms with Gasteiger partial charge in [-0.25, -0.2) is 0 Å². The molecule has 1 unspecified atom stereocenters. The number of carbonyl (C=O) groups is 1. The molecule has 0 fully saturated rings. The van der Waals surface area contributed by atoms with Crippen LogP contribution in [0.1, 0.15) is 44.9 Å². The van der Waals surface area contributed by atoms with E-state index in [4.69, 9.17) is 5.11 Å². The summed E-state index contributed by atoms with van der Waals surface area (Å²) in [5.74, 6) is -0.775. The molecule has 0 aliphatic rings. The van der Waals surface area contributed by atoms with Crippen molar-refractivity contribution in [1.82, 2.24) is 5.32 Å². The third kappa shape index (κ3) is 3.84. The minimum atomic E-state index is -0.775. The number of aryl methyl sites for hydroxylation is 1. The highest BCUT2D eigenvalue weighted by atomic mass is 16.4. The van der Waals surface area contributed by atoms with Crippen LogP contribution in [0, 0.1) is 5.41 Å². The molecule has 0 spiro atoms. The highest BCUT2D eigenvalue weighted by Gasteiger charge is 2.27. The third-order valence-electron chi connectivity index (χ3n) is 3.32. The lowest BCUT2D eigenvalue weighted by atomic mass is 9.93. The summed E-state index contributed by atoms with van der Waals surface area (Å²) < 4.78 is 0. The lowest BCUT2D eigenvalue weighted by molar-refractivity contribution is -0.146. The molecule has 0 heterocycles. The highest BCUT2D eigenvalue weighted by molar-refractivity contribution is 5.73. The first-order valence-corrected chi connectivity index (χ1v) is 6.42. The van der Waals surface area contributed by atoms with Crippen molar-refractivity contribution < 1.29 is 9.90 Å². The van der Waals surface area contributed by atoms with Gasteiger partial charge in [0.2, 0.25) is 0 Å². The Morgan fingerprint density at radius 2 is 1.89 bits per heavy atom. The largest absolute Gasteiger partial charge is 0.481 e. The van der Waals surface area contributed by atoms with Crippen LogP contribution in [0.3, 0.4) is 0 Å². The zero-order valence-corrected chi connectivity index (χ0v) is 11.7. The SMILES string of the molecule is CCc1ccc(C(C)NCC(C)(C)C(=O)O)cc1. The molecular weight excluding hydrogens is 226 g/mol. The van der Waals surface area contributed by atoms with E-state index in [2.05, 4.69) is 43.4 Å². The summed E-state index contributed by atoms with van der Waals surface area (Å²) in [5.41, 5.74) is 1.77. The van der Waals surface area contributed by atoms with E-state index in [-0.39, 0.29) is 6.04 Å². The number of hydrogen-bond acceptors (Lipinski definition) is 2. The second-order valence-electron chi connectivity index (χ2n) is 5.39. The van der Waals surface area contributed by atoms with E-state index in [1.807, 2.05) is 0 Å². The van der Waals surface area contributed by atoms with Crippen molar-refractivity contribution in [2.75, 3.05) is 6.54 Å². The lowest BCUT2D eigenvalue weighted by Gasteiger charge is -2.23. The number of nitrogens with one attached hydrogen (secondary N) is 1. The normalized spacial score (nSPS) is 13.3. The Morgan fingerprint density at radius 1 is 1.33 bits per heavy atom. The van der Waals surface area contributed by atoms with E-state index in [9.17, 15) is 4.79 Å². The highest BCUT2D eigenvalue weighted by Crippen LogP contribution is 2.18. The number of carboxylic acids is 1. The second-order valence-corrected chi connectivity index (χ2v) is 5.39. The van der Waals surface area contributed by atoms with Crippen LogP contribution in [0.5, 0.6) is 0 Å². The molecule has 1 rings (SSSR count). The summed E-state index contributed by atoms with van der Waals surface area (Å²) in [6, 6.07) is 8.61. The van der Waals surface area contributed by atoms with Gasteiger partial charge in [-0.3, -0.25) is 4.79 Å². The van der Waals surface area contributed by atoms with Crippen LogP contribution in [-0.4, -0.2) is 17.6 Å². The molecule has 1 aromatic rings. The number of aliphatic carboxylic acids is 1. The Labute approximate surface area is 109 Å². The zero-order valence-electron chi connectivity index (χ0n) is 11.7. The predicted octanol–water partition coefficient (Wildman–Crippen LogP) is 3.01. The average Bonchev–Trinajstić information content (AvgIpc) is 2.36. The molecule has 18 heavy (non-hydrogen) atoms. The average molecular weight is 249 g/mol. The summed E-state index contributed by atoms with van der Waals surface area (Å²) in [4.78, 5) is 11.0. The van der Waals surface area contributed by atoms with Gasteiger partial charge in [0.25, 0.3) is 0 Å². The quantitative estimate of drug-likeness (QED) is 0.814. The van der Waals surface area contributed by atoms with E-state index in [0.717, 1.165) is 6.42 Å². The monoisotopic (exact) mass is 249 g/mol. The first kappa shape index (κ1) is 14.7. The molecule has 0 aliphatic carbocycles. The van der Waals surface area contributed by atoms with Crippen LogP contribution in [0.25, 0.3) is 0 Å². The Morgan fingerprint density at radius 3 is 2.33 bits per heavy atom. The van der Waals surface area contributed by atoms with Crippen LogP contribution in [0.15, 0.2) is 24.3 Å². The molecule has 0 bridgehead atoms. The predicted molar refractivity (Wildman–Crippen MR) is 73.7 cm³/mol. The third-order valence-corrected chi connectivity index (χ3v) is 3.32. The van der Waals surface area contributed by atoms with Crippen molar-refractivity contribution in [2.45, 2.75) is 40.2 Å². The topological polar surface area (TPSA) is 49.3 Å². The van der Waals surface area contributed by atoms with Crippen molar-refractivity contribution >= 4 is 5.97 Å². The molecule has 3 heteroatoms. The molecule has 3 nitrogen and oxygen atoms in total. The summed E-state index contributed by atoms with van der Waals surface area (Å²) in [6.07, 6.45) is 1.04. The van der Waals surface area contributed by atoms with Crippen LogP contribution in [0.2, 0.25) is 0 Å². The van der Waals surface area contributed by atoms with Gasteiger partial charge in [0.1, 0.15) is 0 Å². The fraction of sp³-hybridized carbons (Fsp3) is 0.533. The van der Waals surface area contributed by atoms with Gasteiger partial charge in [-0.2, -0.15) is 0 Å². The van der Waals surface area contributed by atoms with Crippen LogP contribution >= 0.6 is 0 Å². The fourth-order valence-electron chi connectivity index (χ4n) is 1.64. The second kappa shape index (κ2) is 6.01. The van der Waals surface area contributed by atoms with Crippen molar-refractivity contribution in [1.29, 1.82) is 0 Å². The summed E-state index contributed by atoms with van der Waals surface area (Å²) in [7, 11) is 0. The van der Waals surface area contributed by atoms with E-state index < -0.39 is 11.4 Å². The van der Waals surface area contributed by atoms with Gasteiger partial charge in [0, 0.05) is 12.6 Å². The number of carboxylic acid groups (broad SMARTS) is 1. The van der Waals surface area contributed by atoms with E-state index >= 15 is 0 Å². The van der Waals surface area contributed by atoms with E-state index in [0.29, 0.717) is 6.54 Å². The maximum absolute atomic E-state index is 11.0. The first-order valence-electron chi connectivity index (χ1n) is 6.42. The van der Waals surface area contributed by atoms with Crippen molar-refractivity contribution in [2.24, 2.45) is 5.41 Å². The van der Waals surface area contributed by atoms with E-state index in [1.54, 1.807) is 13.8 Å². The molecule has 0 aromatic heterocycles. The number of rotatable bonds is 6. The smallest absolute Gasteiger partial charge is 0.310 e. The van der Waals surface area contributed by atoms with Gasteiger partial charge in [0.15, 0.2) is 0 Å². The maximum atomic E-state index is 11.0. The minimum absolute atomic E-state index is 0.162. The summed E-state index contributed by atoms with van der Waals surface area (Å²) in [6.45, 7) is 8.11. The van der Waals surface area contributed by atoms with Gasteiger partial charge in [-0.15, -0.1) is 0 Å². The van der Waals surface area contributed by atoms with Gasteiger partial charge >= 0.3 is 5.97 Å².